The Kier molecular flexibility index (Phi) is 5.26. The van der Waals surface area contributed by atoms with Gasteiger partial charge in [0.2, 0.25) is 0 Å². The summed E-state index contributed by atoms with van der Waals surface area (Å²) >= 11 is 0. The molecular weight excluding hydrogens is 458 g/mol. The molecule has 0 bridgehead atoms. The van der Waals surface area contributed by atoms with Gasteiger partial charge in [0.25, 0.3) is 5.91 Å². The number of aromatic nitrogens is 3. The molecule has 0 aliphatic heterocycles. The highest BCUT2D eigenvalue weighted by molar-refractivity contribution is 6.05. The first kappa shape index (κ1) is 22.2. The van der Waals surface area contributed by atoms with Gasteiger partial charge in [-0.15, -0.1) is 13.2 Å². The van der Waals surface area contributed by atoms with Crippen molar-refractivity contribution in [3.05, 3.63) is 66.2 Å². The van der Waals surface area contributed by atoms with Crippen LogP contribution in [-0.4, -0.2) is 33.9 Å². The van der Waals surface area contributed by atoms with E-state index in [1.807, 2.05) is 0 Å². The van der Waals surface area contributed by atoms with E-state index in [1.54, 1.807) is 0 Å². The van der Waals surface area contributed by atoms with Crippen molar-refractivity contribution in [3.8, 4) is 17.2 Å². The normalized spacial score (nSPS) is 12.2. The maximum absolute atomic E-state index is 13.6. The first-order valence-corrected chi connectivity index (χ1v) is 9.08. The van der Waals surface area contributed by atoms with Gasteiger partial charge in [-0.05, 0) is 42.5 Å². The van der Waals surface area contributed by atoms with Crippen LogP contribution >= 0.6 is 0 Å². The van der Waals surface area contributed by atoms with Crippen LogP contribution in [0.1, 0.15) is 16.2 Å². The van der Waals surface area contributed by atoms with Gasteiger partial charge in [-0.3, -0.25) is 4.79 Å². The third-order valence-electron chi connectivity index (χ3n) is 4.47. The summed E-state index contributed by atoms with van der Waals surface area (Å²) < 4.78 is 87.1. The van der Waals surface area contributed by atoms with E-state index >= 15 is 0 Å². The molecule has 33 heavy (non-hydrogen) atoms. The fraction of sp³-hybridized carbons (Fsp3) is 0.150. The summed E-state index contributed by atoms with van der Waals surface area (Å²) in [6, 6.07) is 9.09. The lowest BCUT2D eigenvalue weighted by atomic mass is 10.2. The van der Waals surface area contributed by atoms with E-state index in [4.69, 9.17) is 4.42 Å². The van der Waals surface area contributed by atoms with Gasteiger partial charge in [0, 0.05) is 18.8 Å². The Balaban J connectivity index is 1.68. The fourth-order valence-corrected chi connectivity index (χ4v) is 2.99. The number of rotatable bonds is 4. The summed E-state index contributed by atoms with van der Waals surface area (Å²) in [6.45, 7) is 0. The molecule has 0 atom stereocenters. The summed E-state index contributed by atoms with van der Waals surface area (Å²) in [6.07, 6.45) is -8.41. The van der Waals surface area contributed by atoms with Gasteiger partial charge in [-0.25, -0.2) is 9.50 Å². The Bertz CT molecular complexity index is 1290. The maximum atomic E-state index is 13.6. The van der Waals surface area contributed by atoms with E-state index in [-0.39, 0.29) is 28.5 Å². The predicted octanol–water partition coefficient (Wildman–Crippen LogP) is 5.18. The largest absolute Gasteiger partial charge is 0.573 e. The average molecular weight is 470 g/mol. The number of benzene rings is 1. The monoisotopic (exact) mass is 470 g/mol. The van der Waals surface area contributed by atoms with E-state index in [2.05, 4.69) is 14.8 Å². The number of amides is 1. The van der Waals surface area contributed by atoms with Gasteiger partial charge >= 0.3 is 12.5 Å². The zero-order valence-electron chi connectivity index (χ0n) is 16.5. The number of halogens is 6. The standard InChI is InChI=1S/C20H12F6N4O3/c1-29(11-4-6-12(7-5-11)33-20(24,25)26)18(31)14-10-17-27-13(15-3-2-8-32-15)9-16(19(21,22)23)30(17)28-14/h2-10H,1H3. The number of alkyl halides is 6. The fourth-order valence-electron chi connectivity index (χ4n) is 2.99. The molecule has 3 heterocycles. The predicted molar refractivity (Wildman–Crippen MR) is 102 cm³/mol. The van der Waals surface area contributed by atoms with Crippen molar-refractivity contribution in [3.63, 3.8) is 0 Å². The molecule has 7 nitrogen and oxygen atoms in total. The van der Waals surface area contributed by atoms with Crippen molar-refractivity contribution in [2.24, 2.45) is 0 Å². The van der Waals surface area contributed by atoms with E-state index in [0.717, 1.165) is 29.2 Å². The number of fused-ring (bicyclic) bond motifs is 1. The molecule has 0 aliphatic carbocycles. The molecule has 0 saturated heterocycles. The van der Waals surface area contributed by atoms with Crippen molar-refractivity contribution in [2.45, 2.75) is 12.5 Å². The Hall–Kier alpha value is -4.03. The minimum Gasteiger partial charge on any atom is -0.463 e. The van der Waals surface area contributed by atoms with Gasteiger partial charge in [-0.1, -0.05) is 0 Å². The molecule has 0 saturated carbocycles. The second-order valence-corrected chi connectivity index (χ2v) is 6.71. The number of carbonyl (C=O) groups is 1. The molecule has 0 fully saturated rings. The van der Waals surface area contributed by atoms with Crippen molar-refractivity contribution in [1.82, 2.24) is 14.6 Å². The second-order valence-electron chi connectivity index (χ2n) is 6.71. The summed E-state index contributed by atoms with van der Waals surface area (Å²) in [4.78, 5) is 17.9. The van der Waals surface area contributed by atoms with Gasteiger partial charge in [0.15, 0.2) is 22.8 Å². The first-order valence-electron chi connectivity index (χ1n) is 9.08. The van der Waals surface area contributed by atoms with E-state index in [9.17, 15) is 31.1 Å². The molecule has 4 rings (SSSR count). The number of hydrogen-bond donors (Lipinski definition) is 0. The van der Waals surface area contributed by atoms with E-state index in [0.29, 0.717) is 4.52 Å². The molecule has 1 amide bonds. The van der Waals surface area contributed by atoms with Crippen LogP contribution in [-0.2, 0) is 6.18 Å². The topological polar surface area (TPSA) is 72.9 Å². The Labute approximate surface area is 180 Å². The van der Waals surface area contributed by atoms with Gasteiger partial charge in [0.05, 0.1) is 6.26 Å². The molecule has 13 heteroatoms. The maximum Gasteiger partial charge on any atom is 0.573 e. The average Bonchev–Trinajstić information content (AvgIpc) is 3.40. The molecule has 0 spiro atoms. The second kappa shape index (κ2) is 7.83. The quantitative estimate of drug-likeness (QED) is 0.384. The zero-order valence-corrected chi connectivity index (χ0v) is 16.5. The van der Waals surface area contributed by atoms with Crippen molar-refractivity contribution >= 4 is 17.2 Å². The molecular formula is C20H12F6N4O3. The van der Waals surface area contributed by atoms with Gasteiger partial charge in [-0.2, -0.15) is 18.3 Å². The lowest BCUT2D eigenvalue weighted by Gasteiger charge is -2.16. The molecule has 0 radical (unpaired) electrons. The highest BCUT2D eigenvalue weighted by atomic mass is 19.4. The third-order valence-corrected chi connectivity index (χ3v) is 4.47. The summed E-state index contributed by atoms with van der Waals surface area (Å²) in [5.41, 5.74) is -1.72. The zero-order chi connectivity index (χ0) is 24.0. The molecule has 0 N–H and O–H groups in total. The van der Waals surface area contributed by atoms with Crippen LogP contribution in [0.3, 0.4) is 0 Å². The Morgan fingerprint density at radius 3 is 2.33 bits per heavy atom. The lowest BCUT2D eigenvalue weighted by Crippen LogP contribution is -2.26. The van der Waals surface area contributed by atoms with Crippen LogP contribution in [0.25, 0.3) is 17.1 Å². The van der Waals surface area contributed by atoms with Crippen molar-refractivity contribution in [1.29, 1.82) is 0 Å². The summed E-state index contributed by atoms with van der Waals surface area (Å²) in [7, 11) is 1.29. The molecule has 1 aromatic carbocycles. The number of furan rings is 1. The number of hydrogen-bond acceptors (Lipinski definition) is 5. The Morgan fingerprint density at radius 1 is 1.06 bits per heavy atom. The number of carbonyl (C=O) groups excluding carboxylic acids is 1. The summed E-state index contributed by atoms with van der Waals surface area (Å²) in [5.74, 6) is -1.21. The van der Waals surface area contributed by atoms with Crippen molar-refractivity contribution in [2.75, 3.05) is 11.9 Å². The molecule has 172 valence electrons. The number of ether oxygens (including phenoxy) is 1. The minimum atomic E-state index is -4.88. The van der Waals surface area contributed by atoms with E-state index in [1.165, 1.54) is 37.6 Å². The van der Waals surface area contributed by atoms with Crippen LogP contribution in [0, 0.1) is 0 Å². The highest BCUT2D eigenvalue weighted by Gasteiger charge is 2.36. The molecule has 4 aromatic rings. The van der Waals surface area contributed by atoms with Crippen LogP contribution in [0.2, 0.25) is 0 Å². The number of nitrogens with zero attached hydrogens (tertiary/aromatic N) is 4. The van der Waals surface area contributed by atoms with Gasteiger partial charge in [0.1, 0.15) is 11.4 Å². The highest BCUT2D eigenvalue weighted by Crippen LogP contribution is 2.33. The van der Waals surface area contributed by atoms with Crippen LogP contribution in [0.15, 0.2) is 59.2 Å². The van der Waals surface area contributed by atoms with Crippen LogP contribution in [0.5, 0.6) is 5.75 Å². The number of anilines is 1. The van der Waals surface area contributed by atoms with Crippen molar-refractivity contribution < 1.29 is 40.3 Å². The van der Waals surface area contributed by atoms with Crippen LogP contribution < -0.4 is 9.64 Å². The first-order chi connectivity index (χ1) is 15.4. The third kappa shape index (κ3) is 4.61. The summed E-state index contributed by atoms with van der Waals surface area (Å²) in [5, 5.41) is 3.75. The van der Waals surface area contributed by atoms with Gasteiger partial charge < -0.3 is 14.1 Å². The van der Waals surface area contributed by atoms with Crippen LogP contribution in [0.4, 0.5) is 32.0 Å². The SMILES string of the molecule is CN(C(=O)c1cc2nc(-c3ccco3)cc(C(F)(F)F)n2n1)c1ccc(OC(F)(F)F)cc1. The lowest BCUT2D eigenvalue weighted by molar-refractivity contribution is -0.274. The minimum absolute atomic E-state index is 0.0929. The molecule has 0 aliphatic rings. The molecule has 3 aromatic heterocycles. The smallest absolute Gasteiger partial charge is 0.463 e. The molecule has 0 unspecified atom stereocenters. The van der Waals surface area contributed by atoms with E-state index < -0.39 is 29.9 Å². The Morgan fingerprint density at radius 2 is 1.76 bits per heavy atom.